The summed E-state index contributed by atoms with van der Waals surface area (Å²) < 4.78 is 2.05. The summed E-state index contributed by atoms with van der Waals surface area (Å²) in [4.78, 5) is 2.69. The van der Waals surface area contributed by atoms with Gasteiger partial charge in [0.2, 0.25) is 0 Å². The van der Waals surface area contributed by atoms with Crippen molar-refractivity contribution >= 4 is 0 Å². The maximum Gasteiger partial charge on any atom is 0.0536 e. The van der Waals surface area contributed by atoms with Crippen LogP contribution in [0.25, 0.3) is 0 Å². The first-order valence-electron chi connectivity index (χ1n) is 8.19. The smallest absolute Gasteiger partial charge is 0.0536 e. The predicted molar refractivity (Wildman–Crippen MR) is 83.8 cm³/mol. The van der Waals surface area contributed by atoms with Crippen LogP contribution < -0.4 is 5.32 Å². The van der Waals surface area contributed by atoms with Crippen molar-refractivity contribution in [2.45, 2.75) is 64.6 Å². The number of hydrogen-bond donors (Lipinski definition) is 1. The Morgan fingerprint density at radius 2 is 2.05 bits per heavy atom. The molecule has 0 spiro atoms. The molecule has 1 aromatic heterocycles. The molecule has 1 aliphatic rings. The second-order valence-corrected chi connectivity index (χ2v) is 6.05. The van der Waals surface area contributed by atoms with Crippen molar-refractivity contribution in [2.24, 2.45) is 0 Å². The van der Waals surface area contributed by atoms with E-state index in [0.29, 0.717) is 11.6 Å². The van der Waals surface area contributed by atoms with Crippen LogP contribution in [0.5, 0.6) is 0 Å². The molecule has 1 N–H and O–H groups in total. The van der Waals surface area contributed by atoms with Crippen molar-refractivity contribution in [3.63, 3.8) is 0 Å². The van der Waals surface area contributed by atoms with E-state index in [4.69, 9.17) is 0 Å². The van der Waals surface area contributed by atoms with Crippen molar-refractivity contribution in [3.05, 3.63) is 18.5 Å². The second kappa shape index (κ2) is 7.23. The van der Waals surface area contributed by atoms with Crippen molar-refractivity contribution in [3.8, 4) is 0 Å². The van der Waals surface area contributed by atoms with Crippen LogP contribution in [-0.4, -0.2) is 45.9 Å². The van der Waals surface area contributed by atoms with Crippen LogP contribution in [-0.2, 0) is 6.54 Å². The van der Waals surface area contributed by atoms with Crippen molar-refractivity contribution in [1.82, 2.24) is 20.0 Å². The third-order valence-corrected chi connectivity index (χ3v) is 4.89. The maximum atomic E-state index is 4.32. The molecule has 0 amide bonds. The SMILES string of the molecule is CCCC1CNC(CC)(CC)CN1CCn1cccn1. The Morgan fingerprint density at radius 1 is 1.25 bits per heavy atom. The van der Waals surface area contributed by atoms with E-state index in [1.165, 1.54) is 32.2 Å². The van der Waals surface area contributed by atoms with E-state index in [9.17, 15) is 0 Å². The van der Waals surface area contributed by atoms with Crippen LogP contribution in [0.4, 0.5) is 0 Å². The first-order chi connectivity index (χ1) is 9.73. The molecule has 2 rings (SSSR count). The average Bonchev–Trinajstić information content (AvgIpc) is 3.00. The van der Waals surface area contributed by atoms with Crippen LogP contribution in [0.3, 0.4) is 0 Å². The fourth-order valence-corrected chi connectivity index (χ4v) is 3.30. The van der Waals surface area contributed by atoms with E-state index >= 15 is 0 Å². The van der Waals surface area contributed by atoms with Gasteiger partial charge < -0.3 is 5.32 Å². The second-order valence-electron chi connectivity index (χ2n) is 6.05. The molecule has 1 aromatic rings. The number of piperazine rings is 1. The van der Waals surface area contributed by atoms with Crippen LogP contribution in [0.15, 0.2) is 18.5 Å². The summed E-state index contributed by atoms with van der Waals surface area (Å²) in [5.74, 6) is 0. The topological polar surface area (TPSA) is 33.1 Å². The molecule has 1 fully saturated rings. The molecule has 4 heteroatoms. The van der Waals surface area contributed by atoms with Gasteiger partial charge in [-0.15, -0.1) is 0 Å². The van der Waals surface area contributed by atoms with Crippen molar-refractivity contribution < 1.29 is 0 Å². The molecule has 1 aliphatic heterocycles. The molecular formula is C16H30N4. The lowest BCUT2D eigenvalue weighted by atomic mass is 9.88. The molecular weight excluding hydrogens is 248 g/mol. The van der Waals surface area contributed by atoms with Crippen LogP contribution in [0, 0.1) is 0 Å². The minimum absolute atomic E-state index is 0.314. The molecule has 2 heterocycles. The summed E-state index contributed by atoms with van der Waals surface area (Å²) in [6, 6.07) is 2.69. The number of hydrogen-bond acceptors (Lipinski definition) is 3. The lowest BCUT2D eigenvalue weighted by molar-refractivity contribution is 0.0642. The monoisotopic (exact) mass is 278 g/mol. The van der Waals surface area contributed by atoms with E-state index < -0.39 is 0 Å². The molecule has 0 radical (unpaired) electrons. The molecule has 0 aliphatic carbocycles. The molecule has 4 nitrogen and oxygen atoms in total. The predicted octanol–water partition coefficient (Wildman–Crippen LogP) is 2.52. The Labute approximate surface area is 123 Å². The summed E-state index contributed by atoms with van der Waals surface area (Å²) in [6.07, 6.45) is 8.89. The van der Waals surface area contributed by atoms with Crippen molar-refractivity contribution in [2.75, 3.05) is 19.6 Å². The highest BCUT2D eigenvalue weighted by Gasteiger charge is 2.35. The highest BCUT2D eigenvalue weighted by molar-refractivity contribution is 4.96. The Balaban J connectivity index is 1.98. The van der Waals surface area contributed by atoms with Crippen LogP contribution >= 0.6 is 0 Å². The van der Waals surface area contributed by atoms with E-state index in [1.54, 1.807) is 0 Å². The number of aromatic nitrogens is 2. The molecule has 1 saturated heterocycles. The number of nitrogens with zero attached hydrogens (tertiary/aromatic N) is 3. The fraction of sp³-hybridized carbons (Fsp3) is 0.812. The molecule has 1 unspecified atom stereocenters. The Hall–Kier alpha value is -0.870. The van der Waals surface area contributed by atoms with E-state index in [0.717, 1.165) is 19.6 Å². The summed E-state index contributed by atoms with van der Waals surface area (Å²) in [5.41, 5.74) is 0.314. The summed E-state index contributed by atoms with van der Waals surface area (Å²) in [5, 5.41) is 8.15. The zero-order chi connectivity index (χ0) is 14.4. The summed E-state index contributed by atoms with van der Waals surface area (Å²) in [7, 11) is 0. The normalized spacial score (nSPS) is 23.1. The third-order valence-electron chi connectivity index (χ3n) is 4.89. The number of rotatable bonds is 7. The van der Waals surface area contributed by atoms with Gasteiger partial charge in [-0.25, -0.2) is 0 Å². The zero-order valence-electron chi connectivity index (χ0n) is 13.3. The fourth-order valence-electron chi connectivity index (χ4n) is 3.30. The molecule has 1 atom stereocenters. The van der Waals surface area contributed by atoms with Gasteiger partial charge in [0.1, 0.15) is 0 Å². The Kier molecular flexibility index (Phi) is 5.61. The van der Waals surface area contributed by atoms with Crippen LogP contribution in [0.2, 0.25) is 0 Å². The molecule has 0 saturated carbocycles. The Bertz CT molecular complexity index is 370. The first kappa shape index (κ1) is 15.5. The third kappa shape index (κ3) is 3.61. The maximum absolute atomic E-state index is 4.32. The van der Waals surface area contributed by atoms with E-state index in [1.807, 2.05) is 16.9 Å². The van der Waals surface area contributed by atoms with Crippen LogP contribution in [0.1, 0.15) is 46.5 Å². The first-order valence-corrected chi connectivity index (χ1v) is 8.19. The zero-order valence-corrected chi connectivity index (χ0v) is 13.3. The minimum atomic E-state index is 0.314. The van der Waals surface area contributed by atoms with Crippen molar-refractivity contribution in [1.29, 1.82) is 0 Å². The van der Waals surface area contributed by atoms with Gasteiger partial charge in [0.15, 0.2) is 0 Å². The summed E-state index contributed by atoms with van der Waals surface area (Å²) >= 11 is 0. The van der Waals surface area contributed by atoms with Gasteiger partial charge in [0, 0.05) is 43.6 Å². The lowest BCUT2D eigenvalue weighted by Gasteiger charge is -2.47. The van der Waals surface area contributed by atoms with Gasteiger partial charge in [-0.3, -0.25) is 9.58 Å². The molecule has 114 valence electrons. The minimum Gasteiger partial charge on any atom is -0.308 e. The van der Waals surface area contributed by atoms with Gasteiger partial charge in [0.05, 0.1) is 6.54 Å². The van der Waals surface area contributed by atoms with E-state index in [2.05, 4.69) is 42.3 Å². The van der Waals surface area contributed by atoms with Gasteiger partial charge in [-0.05, 0) is 25.3 Å². The molecule has 0 aromatic carbocycles. The Morgan fingerprint density at radius 3 is 2.65 bits per heavy atom. The average molecular weight is 278 g/mol. The summed E-state index contributed by atoms with van der Waals surface area (Å²) in [6.45, 7) is 11.3. The molecule has 20 heavy (non-hydrogen) atoms. The van der Waals surface area contributed by atoms with Gasteiger partial charge in [-0.2, -0.15) is 5.10 Å². The van der Waals surface area contributed by atoms with E-state index in [-0.39, 0.29) is 0 Å². The van der Waals surface area contributed by atoms with Gasteiger partial charge >= 0.3 is 0 Å². The number of nitrogens with one attached hydrogen (secondary N) is 1. The lowest BCUT2D eigenvalue weighted by Crippen LogP contribution is -2.64. The highest BCUT2D eigenvalue weighted by atomic mass is 15.3. The molecule has 0 bridgehead atoms. The van der Waals surface area contributed by atoms with Gasteiger partial charge in [-0.1, -0.05) is 27.2 Å². The standard InChI is InChI=1S/C16H30N4/c1-4-8-15-13-17-16(5-2,6-3)14-19(15)11-12-20-10-7-9-18-20/h7,9-10,15,17H,4-6,8,11-14H2,1-3H3. The highest BCUT2D eigenvalue weighted by Crippen LogP contribution is 2.24. The quantitative estimate of drug-likeness (QED) is 0.832. The van der Waals surface area contributed by atoms with Gasteiger partial charge in [0.25, 0.3) is 0 Å². The largest absolute Gasteiger partial charge is 0.308 e.